The Kier molecular flexibility index (Phi) is 3.00. The number of benzene rings is 1. The Morgan fingerprint density at radius 3 is 2.44 bits per heavy atom. The third kappa shape index (κ3) is 1.89. The quantitative estimate of drug-likeness (QED) is 0.800. The van der Waals surface area contributed by atoms with Crippen LogP contribution >= 0.6 is 23.5 Å². The Hall–Kier alpha value is -1.47. The molecule has 0 unspecified atom stereocenters. The van der Waals surface area contributed by atoms with Crippen LogP contribution in [0.5, 0.6) is 0 Å². The Morgan fingerprint density at radius 2 is 1.78 bits per heavy atom. The molecule has 0 bridgehead atoms. The minimum absolute atomic E-state index is 0.344. The highest BCUT2D eigenvalue weighted by Gasteiger charge is 2.47. The van der Waals surface area contributed by atoms with Crippen LogP contribution in [0.2, 0.25) is 0 Å². The van der Waals surface area contributed by atoms with E-state index in [4.69, 9.17) is 0 Å². The summed E-state index contributed by atoms with van der Waals surface area (Å²) in [5.74, 6) is 1.93. The number of hydrazone groups is 1. The van der Waals surface area contributed by atoms with Gasteiger partial charge in [-0.25, -0.2) is 4.79 Å². The van der Waals surface area contributed by atoms with Gasteiger partial charge in [0.05, 0.1) is 0 Å². The largest absolute Gasteiger partial charge is 0.533 e. The van der Waals surface area contributed by atoms with Crippen LogP contribution in [0.4, 0.5) is 15.3 Å². The number of amides is 4. The molecule has 0 spiro atoms. The van der Waals surface area contributed by atoms with Gasteiger partial charge in [-0.05, 0) is 12.1 Å². The topological polar surface area (TPSA) is 52.4 Å². The minimum atomic E-state index is -0.410. The molecule has 2 heterocycles. The summed E-state index contributed by atoms with van der Waals surface area (Å²) in [6, 6.07) is 8.16. The molecule has 1 aromatic rings. The van der Waals surface area contributed by atoms with Gasteiger partial charge in [0.15, 0.2) is 0 Å². The molecule has 7 heteroatoms. The average molecular weight is 280 g/mol. The number of carbonyl (C=O) groups excluding carboxylic acids is 2. The second-order valence-electron chi connectivity index (χ2n) is 3.67. The molecule has 2 saturated heterocycles. The van der Waals surface area contributed by atoms with E-state index in [2.05, 4.69) is 5.43 Å². The molecular formula is C11H10N3O2S2+. The lowest BCUT2D eigenvalue weighted by atomic mass is 10.3. The fraction of sp³-hybridized carbons (Fsp3) is 0.182. The lowest BCUT2D eigenvalue weighted by molar-refractivity contribution is -0.458. The molecule has 5 nitrogen and oxygen atoms in total. The van der Waals surface area contributed by atoms with E-state index >= 15 is 0 Å². The van der Waals surface area contributed by atoms with Crippen LogP contribution in [0.25, 0.3) is 0 Å². The molecule has 0 saturated carbocycles. The lowest BCUT2D eigenvalue weighted by Gasteiger charge is -2.01. The molecule has 2 fully saturated rings. The number of urea groups is 2. The second kappa shape index (κ2) is 4.66. The fourth-order valence-electron chi connectivity index (χ4n) is 1.74. The first-order valence-corrected chi connectivity index (χ1v) is 7.37. The third-order valence-electron chi connectivity index (χ3n) is 2.52. The van der Waals surface area contributed by atoms with E-state index in [0.717, 1.165) is 20.8 Å². The lowest BCUT2D eigenvalue weighted by Crippen LogP contribution is -2.30. The molecular weight excluding hydrogens is 270 g/mol. The zero-order valence-electron chi connectivity index (χ0n) is 9.33. The normalized spacial score (nSPS) is 19.7. The highest BCUT2D eigenvalue weighted by atomic mass is 32.2. The van der Waals surface area contributed by atoms with Crippen molar-refractivity contribution in [2.75, 3.05) is 16.4 Å². The van der Waals surface area contributed by atoms with Crippen molar-refractivity contribution in [3.8, 4) is 0 Å². The van der Waals surface area contributed by atoms with Gasteiger partial charge in [-0.2, -0.15) is 4.79 Å². The minimum Gasteiger partial charge on any atom is -0.216 e. The highest BCUT2D eigenvalue weighted by Crippen LogP contribution is 2.27. The third-order valence-corrected chi connectivity index (χ3v) is 5.17. The number of hydrogen-bond donors (Lipinski definition) is 1. The summed E-state index contributed by atoms with van der Waals surface area (Å²) < 4.78 is 2.17. The van der Waals surface area contributed by atoms with Crippen LogP contribution in [-0.4, -0.2) is 32.6 Å². The molecule has 0 aliphatic carbocycles. The van der Waals surface area contributed by atoms with Crippen molar-refractivity contribution in [2.45, 2.75) is 0 Å². The summed E-state index contributed by atoms with van der Waals surface area (Å²) in [6.07, 6.45) is 0. The highest BCUT2D eigenvalue weighted by molar-refractivity contribution is 8.41. The Labute approximate surface area is 112 Å². The summed E-state index contributed by atoms with van der Waals surface area (Å²) in [5, 5.41) is 0. The molecule has 0 atom stereocenters. The van der Waals surface area contributed by atoms with Crippen LogP contribution < -0.4 is 10.3 Å². The van der Waals surface area contributed by atoms with Gasteiger partial charge in [0.2, 0.25) is 4.38 Å². The van der Waals surface area contributed by atoms with Crippen molar-refractivity contribution < 1.29 is 14.3 Å². The van der Waals surface area contributed by atoms with Crippen LogP contribution in [0.1, 0.15) is 0 Å². The summed E-state index contributed by atoms with van der Waals surface area (Å²) in [7, 11) is 0. The van der Waals surface area contributed by atoms with E-state index in [1.54, 1.807) is 47.8 Å². The number of rotatable bonds is 1. The zero-order valence-corrected chi connectivity index (χ0v) is 11.0. The first-order chi connectivity index (χ1) is 8.77. The standard InChI is InChI=1S/C11H9N3O2S2/c15-9-12-14(11-17-6-7-18-11)10(16)13(9)8-4-2-1-3-5-8/h1-5H,6-7H2/p+1. The van der Waals surface area contributed by atoms with E-state index in [1.807, 2.05) is 6.07 Å². The maximum atomic E-state index is 12.2. The van der Waals surface area contributed by atoms with Crippen LogP contribution in [0.3, 0.4) is 0 Å². The van der Waals surface area contributed by atoms with Gasteiger partial charge in [0, 0.05) is 11.5 Å². The number of imide groups is 1. The molecule has 3 rings (SSSR count). The summed E-state index contributed by atoms with van der Waals surface area (Å²) in [6.45, 7) is 0. The number of hydrazine groups is 1. The number of thioether (sulfide) groups is 2. The zero-order chi connectivity index (χ0) is 12.5. The van der Waals surface area contributed by atoms with Gasteiger partial charge < -0.3 is 0 Å². The fourth-order valence-corrected chi connectivity index (χ4v) is 4.09. The van der Waals surface area contributed by atoms with Crippen LogP contribution in [-0.2, 0) is 0 Å². The molecule has 0 radical (unpaired) electrons. The molecule has 4 amide bonds. The van der Waals surface area contributed by atoms with Gasteiger partial charge in [0.1, 0.15) is 5.69 Å². The van der Waals surface area contributed by atoms with Crippen LogP contribution in [0.15, 0.2) is 30.3 Å². The van der Waals surface area contributed by atoms with Crippen molar-refractivity contribution in [3.63, 3.8) is 0 Å². The summed E-state index contributed by atoms with van der Waals surface area (Å²) >= 11 is 3.17. The van der Waals surface area contributed by atoms with Gasteiger partial charge in [0.25, 0.3) is 0 Å². The van der Waals surface area contributed by atoms with Crippen molar-refractivity contribution in [1.29, 1.82) is 0 Å². The van der Waals surface area contributed by atoms with Gasteiger partial charge in [-0.1, -0.05) is 46.4 Å². The molecule has 2 aliphatic rings. The second-order valence-corrected chi connectivity index (χ2v) is 6.09. The molecule has 0 aromatic heterocycles. The van der Waals surface area contributed by atoms with Crippen molar-refractivity contribution in [1.82, 2.24) is 5.43 Å². The smallest absolute Gasteiger partial charge is 0.216 e. The number of nitrogens with one attached hydrogen (secondary N) is 1. The van der Waals surface area contributed by atoms with Crippen molar-refractivity contribution >= 4 is 45.6 Å². The van der Waals surface area contributed by atoms with E-state index in [9.17, 15) is 9.59 Å². The van der Waals surface area contributed by atoms with E-state index in [0.29, 0.717) is 5.69 Å². The Bertz CT molecular complexity index is 536. The molecule has 1 N–H and O–H groups in total. The molecule has 18 heavy (non-hydrogen) atoms. The maximum Gasteiger partial charge on any atom is 0.533 e. The van der Waals surface area contributed by atoms with Crippen molar-refractivity contribution in [3.05, 3.63) is 30.3 Å². The van der Waals surface area contributed by atoms with E-state index in [1.165, 1.54) is 4.68 Å². The van der Waals surface area contributed by atoms with Crippen molar-refractivity contribution in [2.24, 2.45) is 0 Å². The molecule has 1 aromatic carbocycles. The van der Waals surface area contributed by atoms with Gasteiger partial charge >= 0.3 is 12.1 Å². The average Bonchev–Trinajstić information content (AvgIpc) is 2.99. The van der Waals surface area contributed by atoms with Gasteiger partial charge in [-0.3, -0.25) is 0 Å². The maximum absolute atomic E-state index is 12.2. The number of anilines is 1. The molecule has 2 aliphatic heterocycles. The summed E-state index contributed by atoms with van der Waals surface area (Å²) in [4.78, 5) is 25.2. The first kappa shape index (κ1) is 11.6. The Morgan fingerprint density at radius 1 is 1.11 bits per heavy atom. The predicted molar refractivity (Wildman–Crippen MR) is 73.0 cm³/mol. The predicted octanol–water partition coefficient (Wildman–Crippen LogP) is 2.10. The molecule has 92 valence electrons. The number of carbonyl (C=O) groups is 2. The van der Waals surface area contributed by atoms with Gasteiger partial charge in [-0.15, -0.1) is 10.3 Å². The van der Waals surface area contributed by atoms with Crippen LogP contribution in [0, 0.1) is 0 Å². The number of hydrogen-bond acceptors (Lipinski definition) is 4. The summed E-state index contributed by atoms with van der Waals surface area (Å²) in [5.41, 5.74) is 3.17. The number of para-hydroxylation sites is 1. The van der Waals surface area contributed by atoms with E-state index in [-0.39, 0.29) is 6.03 Å². The first-order valence-electron chi connectivity index (χ1n) is 5.40. The SMILES string of the molecule is O=C1N[N+](=C2SCCS2)C(=O)N1c1ccccc1. The van der Waals surface area contributed by atoms with E-state index < -0.39 is 6.03 Å². The Balaban J connectivity index is 1.97. The monoisotopic (exact) mass is 280 g/mol. The number of nitrogens with zero attached hydrogens (tertiary/aromatic N) is 2.